The van der Waals surface area contributed by atoms with Crippen molar-refractivity contribution >= 4 is 17.6 Å². The van der Waals surface area contributed by atoms with E-state index in [2.05, 4.69) is 22.9 Å². The molecule has 212 valence electrons. The number of hydrogen-bond donors (Lipinski definition) is 4. The molecule has 0 aliphatic heterocycles. The molecule has 3 amide bonds. The molecular formula is C29H41N5O5. The maximum absolute atomic E-state index is 13.2. The first-order valence-electron chi connectivity index (χ1n) is 13.8. The van der Waals surface area contributed by atoms with Gasteiger partial charge in [0.25, 0.3) is 5.69 Å². The van der Waals surface area contributed by atoms with E-state index in [1.54, 1.807) is 12.1 Å². The number of nitrogens with one attached hydrogen (secondary N) is 3. The molecule has 1 saturated carbocycles. The van der Waals surface area contributed by atoms with Gasteiger partial charge >= 0.3 is 6.03 Å². The van der Waals surface area contributed by atoms with E-state index in [0.29, 0.717) is 31.6 Å². The Kier molecular flexibility index (Phi) is 11.7. The van der Waals surface area contributed by atoms with Gasteiger partial charge in [0.15, 0.2) is 0 Å². The molecule has 0 aromatic heterocycles. The van der Waals surface area contributed by atoms with Crippen LogP contribution in [0.1, 0.15) is 50.2 Å². The summed E-state index contributed by atoms with van der Waals surface area (Å²) in [6.07, 6.45) is 6.68. The van der Waals surface area contributed by atoms with Gasteiger partial charge in [0.1, 0.15) is 6.04 Å². The van der Waals surface area contributed by atoms with Crippen LogP contribution in [0.25, 0.3) is 0 Å². The van der Waals surface area contributed by atoms with E-state index in [-0.39, 0.29) is 36.7 Å². The molecule has 1 aliphatic carbocycles. The fraction of sp³-hybridized carbons (Fsp3) is 0.517. The summed E-state index contributed by atoms with van der Waals surface area (Å²) < 4.78 is 0. The van der Waals surface area contributed by atoms with E-state index in [9.17, 15) is 24.8 Å². The van der Waals surface area contributed by atoms with Crippen LogP contribution in [0.15, 0.2) is 54.6 Å². The topological polar surface area (TPSA) is 137 Å². The van der Waals surface area contributed by atoms with Crippen LogP contribution in [0.2, 0.25) is 0 Å². The first-order valence-corrected chi connectivity index (χ1v) is 13.8. The number of carbonyl (C=O) groups is 2. The Labute approximate surface area is 230 Å². The lowest BCUT2D eigenvalue weighted by atomic mass is 9.83. The standard InChI is InChI=1S/C29H41N5O5/c1-29(15-6-3-7-16-29)31-18-17-30-27(36)26(22-24-10-12-25(13-11-24)34(38)39)32-28(37)33(20-21-35)19-14-23-8-4-2-5-9-23/h2,4-5,8-13,26,31,35H,3,6-7,14-22H2,1H3,(H,30,36)(H,32,37)/t26-/m0/s1. The molecular weight excluding hydrogens is 498 g/mol. The molecule has 10 nitrogen and oxygen atoms in total. The van der Waals surface area contributed by atoms with Crippen LogP contribution in [0.5, 0.6) is 0 Å². The maximum atomic E-state index is 13.2. The Bertz CT molecular complexity index is 1060. The number of aliphatic hydroxyl groups excluding tert-OH is 1. The first kappa shape index (κ1) is 30.0. The zero-order valence-corrected chi connectivity index (χ0v) is 22.7. The van der Waals surface area contributed by atoms with Crippen LogP contribution in [-0.2, 0) is 17.6 Å². The number of nitro benzene ring substituents is 1. The molecule has 0 spiro atoms. The monoisotopic (exact) mass is 539 g/mol. The van der Waals surface area contributed by atoms with E-state index < -0.39 is 17.0 Å². The summed E-state index contributed by atoms with van der Waals surface area (Å²) in [5, 5.41) is 29.9. The van der Waals surface area contributed by atoms with Gasteiger partial charge < -0.3 is 26.0 Å². The average molecular weight is 540 g/mol. The number of aliphatic hydroxyl groups is 1. The molecule has 0 heterocycles. The minimum absolute atomic E-state index is 0.0406. The normalized spacial score (nSPS) is 15.2. The zero-order valence-electron chi connectivity index (χ0n) is 22.7. The van der Waals surface area contributed by atoms with Crippen molar-refractivity contribution < 1.29 is 19.6 Å². The number of carbonyl (C=O) groups excluding carboxylic acids is 2. The van der Waals surface area contributed by atoms with Gasteiger partial charge in [0.2, 0.25) is 5.91 Å². The van der Waals surface area contributed by atoms with Gasteiger partial charge in [0.05, 0.1) is 11.5 Å². The molecule has 0 bridgehead atoms. The molecule has 2 aromatic carbocycles. The number of amides is 3. The third-order valence-electron chi connectivity index (χ3n) is 7.30. The van der Waals surface area contributed by atoms with E-state index >= 15 is 0 Å². The van der Waals surface area contributed by atoms with Crippen molar-refractivity contribution in [3.8, 4) is 0 Å². The lowest BCUT2D eigenvalue weighted by molar-refractivity contribution is -0.384. The summed E-state index contributed by atoms with van der Waals surface area (Å²) in [4.78, 5) is 38.5. The van der Waals surface area contributed by atoms with E-state index in [4.69, 9.17) is 0 Å². The van der Waals surface area contributed by atoms with Crippen LogP contribution >= 0.6 is 0 Å². The number of nitrogens with zero attached hydrogens (tertiary/aromatic N) is 2. The highest BCUT2D eigenvalue weighted by Crippen LogP contribution is 2.27. The number of nitro groups is 1. The third kappa shape index (κ3) is 9.96. The van der Waals surface area contributed by atoms with Gasteiger partial charge in [-0.1, -0.05) is 61.7 Å². The SMILES string of the molecule is CC1(NCCNC(=O)[C@H](Cc2ccc([N+](=O)[O-])cc2)NC(=O)N(CCO)CCc2ccccc2)CCCCC1. The molecule has 4 N–H and O–H groups in total. The summed E-state index contributed by atoms with van der Waals surface area (Å²) >= 11 is 0. The Morgan fingerprint density at radius 3 is 2.33 bits per heavy atom. The lowest BCUT2D eigenvalue weighted by Gasteiger charge is -2.35. The molecule has 1 fully saturated rings. The number of rotatable bonds is 14. The molecule has 1 aliphatic rings. The second kappa shape index (κ2) is 15.2. The van der Waals surface area contributed by atoms with Gasteiger partial charge in [-0.15, -0.1) is 0 Å². The number of urea groups is 1. The predicted octanol–water partition coefficient (Wildman–Crippen LogP) is 3.18. The van der Waals surface area contributed by atoms with Crippen molar-refractivity contribution in [1.29, 1.82) is 0 Å². The summed E-state index contributed by atoms with van der Waals surface area (Å²) in [5.41, 5.74) is 1.79. The van der Waals surface area contributed by atoms with Crippen molar-refractivity contribution in [2.75, 3.05) is 32.8 Å². The van der Waals surface area contributed by atoms with Crippen molar-refractivity contribution in [2.45, 2.75) is 63.5 Å². The summed E-state index contributed by atoms with van der Waals surface area (Å²) in [5.74, 6) is -0.329. The summed E-state index contributed by atoms with van der Waals surface area (Å²) in [7, 11) is 0. The van der Waals surface area contributed by atoms with Crippen molar-refractivity contribution in [2.24, 2.45) is 0 Å². The summed E-state index contributed by atoms with van der Waals surface area (Å²) in [6, 6.07) is 14.4. The number of non-ortho nitro benzene ring substituents is 1. The molecule has 0 unspecified atom stereocenters. The minimum atomic E-state index is -0.887. The Morgan fingerprint density at radius 1 is 1.00 bits per heavy atom. The van der Waals surface area contributed by atoms with Crippen LogP contribution in [0.4, 0.5) is 10.5 Å². The fourth-order valence-electron chi connectivity index (χ4n) is 4.97. The third-order valence-corrected chi connectivity index (χ3v) is 7.30. The van der Waals surface area contributed by atoms with Crippen LogP contribution in [0.3, 0.4) is 0 Å². The molecule has 3 rings (SSSR count). The van der Waals surface area contributed by atoms with Gasteiger partial charge in [0, 0.05) is 50.3 Å². The molecule has 10 heteroatoms. The first-order chi connectivity index (χ1) is 18.8. The van der Waals surface area contributed by atoms with Gasteiger partial charge in [-0.3, -0.25) is 14.9 Å². The van der Waals surface area contributed by atoms with E-state index in [1.807, 2.05) is 30.3 Å². The Morgan fingerprint density at radius 2 is 1.69 bits per heavy atom. The summed E-state index contributed by atoms with van der Waals surface area (Å²) in [6.45, 7) is 3.56. The second-order valence-corrected chi connectivity index (χ2v) is 10.4. The number of hydrogen-bond acceptors (Lipinski definition) is 6. The van der Waals surface area contributed by atoms with Crippen LogP contribution in [0, 0.1) is 10.1 Å². The van der Waals surface area contributed by atoms with Gasteiger partial charge in [-0.05, 0) is 37.3 Å². The largest absolute Gasteiger partial charge is 0.395 e. The van der Waals surface area contributed by atoms with Crippen molar-refractivity contribution in [1.82, 2.24) is 20.9 Å². The highest BCUT2D eigenvalue weighted by atomic mass is 16.6. The highest BCUT2D eigenvalue weighted by Gasteiger charge is 2.27. The smallest absolute Gasteiger partial charge is 0.318 e. The lowest BCUT2D eigenvalue weighted by Crippen LogP contribution is -2.54. The van der Waals surface area contributed by atoms with Gasteiger partial charge in [-0.25, -0.2) is 4.79 Å². The predicted molar refractivity (Wildman–Crippen MR) is 150 cm³/mol. The quantitative estimate of drug-likeness (QED) is 0.165. The fourth-order valence-corrected chi connectivity index (χ4v) is 4.97. The van der Waals surface area contributed by atoms with E-state index in [0.717, 1.165) is 18.4 Å². The zero-order chi connectivity index (χ0) is 28.1. The molecule has 1 atom stereocenters. The molecule has 39 heavy (non-hydrogen) atoms. The molecule has 0 saturated heterocycles. The minimum Gasteiger partial charge on any atom is -0.395 e. The Balaban J connectivity index is 1.63. The molecule has 0 radical (unpaired) electrons. The van der Waals surface area contributed by atoms with Gasteiger partial charge in [-0.2, -0.15) is 0 Å². The number of benzene rings is 2. The maximum Gasteiger partial charge on any atom is 0.318 e. The average Bonchev–Trinajstić information content (AvgIpc) is 2.94. The van der Waals surface area contributed by atoms with Crippen molar-refractivity contribution in [3.63, 3.8) is 0 Å². The van der Waals surface area contributed by atoms with Crippen LogP contribution in [-0.4, -0.2) is 71.2 Å². The van der Waals surface area contributed by atoms with E-state index in [1.165, 1.54) is 36.3 Å². The van der Waals surface area contributed by atoms with Crippen LogP contribution < -0.4 is 16.0 Å². The Hall–Kier alpha value is -3.50. The second-order valence-electron chi connectivity index (χ2n) is 10.4. The van der Waals surface area contributed by atoms with Crippen molar-refractivity contribution in [3.05, 3.63) is 75.8 Å². The molecule has 2 aromatic rings. The highest BCUT2D eigenvalue weighted by molar-refractivity contribution is 5.87.